The van der Waals surface area contributed by atoms with E-state index in [1.165, 1.54) is 28.8 Å². The molecule has 1 unspecified atom stereocenters. The van der Waals surface area contributed by atoms with E-state index in [2.05, 4.69) is 31.2 Å². The van der Waals surface area contributed by atoms with Crippen molar-refractivity contribution >= 4 is 39.3 Å². The minimum Gasteiger partial charge on any atom is -0.387 e. The van der Waals surface area contributed by atoms with E-state index in [-0.39, 0.29) is 17.9 Å². The van der Waals surface area contributed by atoms with Crippen LogP contribution in [0.5, 0.6) is 0 Å². The zero-order chi connectivity index (χ0) is 28.0. The van der Waals surface area contributed by atoms with Crippen LogP contribution in [0.25, 0.3) is 11.3 Å². The molecule has 1 N–H and O–H groups in total. The van der Waals surface area contributed by atoms with Crippen LogP contribution in [-0.4, -0.2) is 55.4 Å². The molecule has 2 aromatic heterocycles. The second kappa shape index (κ2) is 11.4. The SMILES string of the molecule is O[C@@H]1[C@@H](n2cc(-c3cc(F)c(F)c(F)c3)nn2)[C@H]2OC(c3ccccc3)OC[C@H]2O[C@@H]1Sc1cc(Cl)cnc1Br. The van der Waals surface area contributed by atoms with Gasteiger partial charge < -0.3 is 19.3 Å². The standard InChI is InChI=1S/C26H19BrClF3N4O4S/c27-24-19(8-14(28)9-32-24)40-26-22(36)21(23-18(38-26)11-37-25(39-23)12-4-2-1-3-5-12)35-10-17(33-34-35)13-6-15(29)20(31)16(30)7-13/h1-10,18,21-23,25-26,36H,11H2/t18-,21-,22-,23+,25?,26-/m1/s1. The van der Waals surface area contributed by atoms with Gasteiger partial charge in [-0.1, -0.05) is 58.9 Å². The number of aromatic nitrogens is 4. The molecule has 208 valence electrons. The van der Waals surface area contributed by atoms with Crippen LogP contribution in [-0.2, 0) is 14.2 Å². The van der Waals surface area contributed by atoms with Crippen LogP contribution in [0, 0.1) is 17.5 Å². The highest BCUT2D eigenvalue weighted by molar-refractivity contribution is 9.10. The van der Waals surface area contributed by atoms with E-state index in [0.717, 1.165) is 17.7 Å². The van der Waals surface area contributed by atoms with Crippen molar-refractivity contribution in [2.24, 2.45) is 0 Å². The van der Waals surface area contributed by atoms with Gasteiger partial charge in [0.2, 0.25) is 0 Å². The maximum atomic E-state index is 13.9. The zero-order valence-corrected chi connectivity index (χ0v) is 23.4. The zero-order valence-electron chi connectivity index (χ0n) is 20.2. The van der Waals surface area contributed by atoms with Crippen molar-refractivity contribution in [1.29, 1.82) is 0 Å². The van der Waals surface area contributed by atoms with E-state index < -0.39 is 53.5 Å². The second-order valence-corrected chi connectivity index (χ2v) is 11.4. The smallest absolute Gasteiger partial charge is 0.194 e. The van der Waals surface area contributed by atoms with Gasteiger partial charge in [0.25, 0.3) is 0 Å². The van der Waals surface area contributed by atoms with Crippen LogP contribution < -0.4 is 0 Å². The van der Waals surface area contributed by atoms with Crippen molar-refractivity contribution in [3.8, 4) is 11.3 Å². The Bertz CT molecular complexity index is 1510. The summed E-state index contributed by atoms with van der Waals surface area (Å²) in [5.74, 6) is -4.29. The number of benzene rings is 2. The van der Waals surface area contributed by atoms with Gasteiger partial charge in [0.15, 0.2) is 23.7 Å². The topological polar surface area (TPSA) is 91.5 Å². The number of halogens is 5. The first kappa shape index (κ1) is 27.6. The Kier molecular flexibility index (Phi) is 7.87. The molecule has 0 spiro atoms. The third-order valence-corrected chi connectivity index (χ3v) is 8.81. The maximum absolute atomic E-state index is 13.9. The van der Waals surface area contributed by atoms with Gasteiger partial charge >= 0.3 is 0 Å². The minimum atomic E-state index is -1.58. The maximum Gasteiger partial charge on any atom is 0.194 e. The Morgan fingerprint density at radius 2 is 1.82 bits per heavy atom. The lowest BCUT2D eigenvalue weighted by Gasteiger charge is -2.47. The molecule has 8 nitrogen and oxygen atoms in total. The molecule has 6 rings (SSSR count). The molecule has 2 aromatic carbocycles. The number of nitrogens with zero attached hydrogens (tertiary/aromatic N) is 4. The van der Waals surface area contributed by atoms with Crippen LogP contribution >= 0.6 is 39.3 Å². The number of aliphatic hydroxyl groups excluding tert-OH is 1. The molecule has 0 radical (unpaired) electrons. The average molecular weight is 656 g/mol. The summed E-state index contributed by atoms with van der Waals surface area (Å²) in [6, 6.07) is 11.8. The second-order valence-electron chi connectivity index (χ2n) is 9.10. The monoisotopic (exact) mass is 654 g/mol. The van der Waals surface area contributed by atoms with Crippen LogP contribution in [0.15, 0.2) is 70.4 Å². The number of thioether (sulfide) groups is 1. The van der Waals surface area contributed by atoms with E-state index in [1.54, 1.807) is 6.07 Å². The van der Waals surface area contributed by atoms with E-state index >= 15 is 0 Å². The van der Waals surface area contributed by atoms with Gasteiger partial charge in [-0.3, -0.25) is 0 Å². The fraction of sp³-hybridized carbons (Fsp3) is 0.269. The Balaban J connectivity index is 1.35. The molecule has 0 saturated carbocycles. The third kappa shape index (κ3) is 5.39. The van der Waals surface area contributed by atoms with Gasteiger partial charge in [-0.15, -0.1) is 5.10 Å². The first-order chi connectivity index (χ1) is 19.3. The lowest BCUT2D eigenvalue weighted by atomic mass is 9.96. The summed E-state index contributed by atoms with van der Waals surface area (Å²) in [4.78, 5) is 4.82. The quantitative estimate of drug-likeness (QED) is 0.216. The molecule has 2 saturated heterocycles. The fourth-order valence-electron chi connectivity index (χ4n) is 4.63. The lowest BCUT2D eigenvalue weighted by Crippen LogP contribution is -2.58. The number of hydrogen-bond donors (Lipinski definition) is 1. The fourth-order valence-corrected chi connectivity index (χ4v) is 6.45. The number of pyridine rings is 1. The van der Waals surface area contributed by atoms with Gasteiger partial charge in [-0.25, -0.2) is 22.8 Å². The molecular weight excluding hydrogens is 637 g/mol. The average Bonchev–Trinajstić information content (AvgIpc) is 3.44. The molecule has 6 atom stereocenters. The van der Waals surface area contributed by atoms with Crippen molar-refractivity contribution in [2.75, 3.05) is 6.61 Å². The first-order valence-electron chi connectivity index (χ1n) is 12.0. The van der Waals surface area contributed by atoms with Crippen molar-refractivity contribution in [1.82, 2.24) is 20.0 Å². The molecule has 2 aliphatic heterocycles. The first-order valence-corrected chi connectivity index (χ1v) is 14.0. The van der Waals surface area contributed by atoms with Gasteiger partial charge in [-0.05, 0) is 34.1 Å². The molecule has 40 heavy (non-hydrogen) atoms. The van der Waals surface area contributed by atoms with Crippen molar-refractivity contribution < 1.29 is 32.5 Å². The van der Waals surface area contributed by atoms with Crippen LogP contribution in [0.4, 0.5) is 13.2 Å². The molecule has 0 amide bonds. The normalized spacial score (nSPS) is 26.4. The summed E-state index contributed by atoms with van der Waals surface area (Å²) in [7, 11) is 0. The summed E-state index contributed by atoms with van der Waals surface area (Å²) >= 11 is 10.7. The minimum absolute atomic E-state index is 0.0179. The number of hydrogen-bond acceptors (Lipinski definition) is 8. The van der Waals surface area contributed by atoms with Crippen LogP contribution in [0.3, 0.4) is 0 Å². The van der Waals surface area contributed by atoms with E-state index in [4.69, 9.17) is 25.8 Å². The van der Waals surface area contributed by atoms with Crippen molar-refractivity contribution in [3.63, 3.8) is 0 Å². The number of aliphatic hydroxyl groups is 1. The van der Waals surface area contributed by atoms with Crippen molar-refractivity contribution in [2.45, 2.75) is 41.0 Å². The third-order valence-electron chi connectivity index (χ3n) is 6.52. The Labute approximate surface area is 243 Å². The number of rotatable bonds is 5. The van der Waals surface area contributed by atoms with Crippen molar-refractivity contribution in [3.05, 3.63) is 93.6 Å². The molecule has 0 aliphatic carbocycles. The molecule has 2 fully saturated rings. The highest BCUT2D eigenvalue weighted by atomic mass is 79.9. The summed E-state index contributed by atoms with van der Waals surface area (Å²) < 4.78 is 61.7. The highest BCUT2D eigenvalue weighted by Gasteiger charge is 2.51. The Morgan fingerprint density at radius 1 is 1.07 bits per heavy atom. The largest absolute Gasteiger partial charge is 0.387 e. The summed E-state index contributed by atoms with van der Waals surface area (Å²) in [6.07, 6.45) is -0.412. The molecule has 4 aromatic rings. The van der Waals surface area contributed by atoms with E-state index in [0.29, 0.717) is 14.5 Å². The van der Waals surface area contributed by atoms with E-state index in [1.807, 2.05) is 30.3 Å². The van der Waals surface area contributed by atoms with Gasteiger partial charge in [0, 0.05) is 22.2 Å². The summed E-state index contributed by atoms with van der Waals surface area (Å²) in [5.41, 5.74) is -0.00539. The predicted molar refractivity (Wildman–Crippen MR) is 142 cm³/mol. The van der Waals surface area contributed by atoms with Gasteiger partial charge in [0.1, 0.15) is 40.1 Å². The number of fused-ring (bicyclic) bond motifs is 1. The van der Waals surface area contributed by atoms with Gasteiger partial charge in [0.05, 0.1) is 17.8 Å². The molecule has 0 bridgehead atoms. The van der Waals surface area contributed by atoms with E-state index in [9.17, 15) is 18.3 Å². The van der Waals surface area contributed by atoms with Crippen LogP contribution in [0.2, 0.25) is 5.02 Å². The molecule has 4 heterocycles. The lowest BCUT2D eigenvalue weighted by molar-refractivity contribution is -0.306. The summed E-state index contributed by atoms with van der Waals surface area (Å²) in [6.45, 7) is 0.148. The number of ether oxygens (including phenoxy) is 3. The summed E-state index contributed by atoms with van der Waals surface area (Å²) in [5, 5.41) is 20.2. The van der Waals surface area contributed by atoms with Gasteiger partial charge in [-0.2, -0.15) is 0 Å². The Hall–Kier alpha value is -2.52. The molecule has 14 heteroatoms. The molecular formula is C26H19BrClF3N4O4S. The predicted octanol–water partition coefficient (Wildman–Crippen LogP) is 5.71. The highest BCUT2D eigenvalue weighted by Crippen LogP contribution is 2.44. The Morgan fingerprint density at radius 3 is 2.58 bits per heavy atom. The van der Waals surface area contributed by atoms with Crippen LogP contribution in [0.1, 0.15) is 17.9 Å². The molecule has 2 aliphatic rings.